The fourth-order valence-electron chi connectivity index (χ4n) is 1.82. The molecule has 0 radical (unpaired) electrons. The number of carbonyl (C=O) groups excluding carboxylic acids is 1. The highest BCUT2D eigenvalue weighted by Crippen LogP contribution is 2.25. The van der Waals surface area contributed by atoms with Gasteiger partial charge in [0.15, 0.2) is 0 Å². The van der Waals surface area contributed by atoms with E-state index < -0.39 is 17.6 Å². The van der Waals surface area contributed by atoms with E-state index in [0.717, 1.165) is 5.56 Å². The number of benzene rings is 2. The predicted octanol–water partition coefficient (Wildman–Crippen LogP) is 2.02. The van der Waals surface area contributed by atoms with Crippen LogP contribution in [-0.4, -0.2) is 17.0 Å². The fraction of sp³-hybridized carbons (Fsp3) is 0.0667. The lowest BCUT2D eigenvalue weighted by molar-refractivity contribution is -0.267. The molecule has 2 rings (SSSR count). The van der Waals surface area contributed by atoms with Gasteiger partial charge in [-0.2, -0.15) is 0 Å². The lowest BCUT2D eigenvalue weighted by atomic mass is 10.1. The highest BCUT2D eigenvalue weighted by Gasteiger charge is 2.11. The number of carboxylic acids is 1. The van der Waals surface area contributed by atoms with E-state index in [1.54, 1.807) is 31.2 Å². The van der Waals surface area contributed by atoms with Crippen molar-refractivity contribution >= 4 is 17.6 Å². The van der Waals surface area contributed by atoms with E-state index in [2.05, 4.69) is 5.32 Å². The molecule has 20 heavy (non-hydrogen) atoms. The van der Waals surface area contributed by atoms with Gasteiger partial charge < -0.3 is 15.5 Å². The van der Waals surface area contributed by atoms with Crippen LogP contribution in [-0.2, 0) is 0 Å². The van der Waals surface area contributed by atoms with Crippen LogP contribution in [0.4, 0.5) is 5.69 Å². The number of para-hydroxylation sites is 1. The minimum absolute atomic E-state index is 0.0434. The summed E-state index contributed by atoms with van der Waals surface area (Å²) < 4.78 is 0. The number of hydrogen-bond acceptors (Lipinski definition) is 3. The Morgan fingerprint density at radius 1 is 1.05 bits per heavy atom. The predicted molar refractivity (Wildman–Crippen MR) is 72.0 cm³/mol. The van der Waals surface area contributed by atoms with Gasteiger partial charge in [0.25, 0.3) is 5.91 Å². The van der Waals surface area contributed by atoms with Crippen molar-refractivity contribution in [1.82, 2.24) is 0 Å². The summed E-state index contributed by atoms with van der Waals surface area (Å²) in [6, 6.07) is 10.9. The van der Waals surface area contributed by atoms with Crippen molar-refractivity contribution in [2.45, 2.75) is 6.92 Å². The first-order chi connectivity index (χ1) is 9.50. The summed E-state index contributed by atoms with van der Waals surface area (Å²) in [6.07, 6.45) is 0. The molecule has 0 aromatic heterocycles. The van der Waals surface area contributed by atoms with Crippen molar-refractivity contribution in [2.24, 2.45) is 0 Å². The number of nitrogens with one attached hydrogen (secondary N) is 1. The molecule has 0 aliphatic heterocycles. The third-order valence-corrected chi connectivity index (χ3v) is 2.88. The Balaban J connectivity index is 2.32. The summed E-state index contributed by atoms with van der Waals surface area (Å²) in [5.41, 5.74) is 0.796. The Morgan fingerprint density at radius 3 is 2.35 bits per heavy atom. The standard InChI is InChI=1S/C15H13NO4/c1-9-5-2-3-6-10(9)14(18)16-12-8-4-7-11(13(12)17)15(19)20/h2-8,17H,1H3,(H,16,18)(H,19,20)/p-1. The molecule has 0 saturated heterocycles. The van der Waals surface area contributed by atoms with Crippen LogP contribution < -0.4 is 10.4 Å². The largest absolute Gasteiger partial charge is 0.870 e. The van der Waals surface area contributed by atoms with E-state index in [4.69, 9.17) is 5.11 Å². The summed E-state index contributed by atoms with van der Waals surface area (Å²) in [7, 11) is 0. The third kappa shape index (κ3) is 2.61. The maximum Gasteiger partial charge on any atom is 0.335 e. The van der Waals surface area contributed by atoms with Crippen LogP contribution in [0.2, 0.25) is 0 Å². The molecule has 2 N–H and O–H groups in total. The van der Waals surface area contributed by atoms with E-state index in [-0.39, 0.29) is 11.3 Å². The number of amides is 1. The molecule has 0 saturated carbocycles. The molecule has 0 spiro atoms. The molecule has 102 valence electrons. The maximum atomic E-state index is 12.1. The van der Waals surface area contributed by atoms with Crippen LogP contribution in [0.5, 0.6) is 5.75 Å². The molecule has 0 unspecified atom stereocenters. The first kappa shape index (κ1) is 13.6. The van der Waals surface area contributed by atoms with Crippen LogP contribution in [0.3, 0.4) is 0 Å². The summed E-state index contributed by atoms with van der Waals surface area (Å²) in [5, 5.41) is 23.2. The topological polar surface area (TPSA) is 89.5 Å². The summed E-state index contributed by atoms with van der Waals surface area (Å²) in [5.74, 6) is -2.47. The zero-order valence-electron chi connectivity index (χ0n) is 10.7. The molecule has 0 bridgehead atoms. The smallest absolute Gasteiger partial charge is 0.335 e. The van der Waals surface area contributed by atoms with Gasteiger partial charge in [-0.15, -0.1) is 0 Å². The molecule has 1 amide bonds. The molecule has 0 aliphatic rings. The van der Waals surface area contributed by atoms with E-state index in [1.807, 2.05) is 0 Å². The van der Waals surface area contributed by atoms with Gasteiger partial charge >= 0.3 is 5.97 Å². The number of carbonyl (C=O) groups is 2. The number of aromatic carboxylic acids is 1. The molecular formula is C15H12NO4-. The Kier molecular flexibility index (Phi) is 3.70. The lowest BCUT2D eigenvalue weighted by Crippen LogP contribution is -2.16. The molecule has 5 nitrogen and oxygen atoms in total. The Morgan fingerprint density at radius 2 is 1.70 bits per heavy atom. The number of anilines is 1. The Hall–Kier alpha value is -2.82. The van der Waals surface area contributed by atoms with Crippen molar-refractivity contribution < 1.29 is 19.8 Å². The number of rotatable bonds is 3. The number of hydrogen-bond donors (Lipinski definition) is 2. The van der Waals surface area contributed by atoms with Crippen LogP contribution in [0.1, 0.15) is 26.3 Å². The van der Waals surface area contributed by atoms with Crippen molar-refractivity contribution in [3.63, 3.8) is 0 Å². The van der Waals surface area contributed by atoms with Gasteiger partial charge in [-0.25, -0.2) is 4.79 Å². The normalized spacial score (nSPS) is 10.1. The number of carboxylic acid groups (broad SMARTS) is 1. The molecule has 0 aliphatic carbocycles. The Labute approximate surface area is 115 Å². The van der Waals surface area contributed by atoms with Crippen LogP contribution in [0.15, 0.2) is 42.5 Å². The molecule has 2 aromatic rings. The zero-order valence-corrected chi connectivity index (χ0v) is 10.7. The zero-order chi connectivity index (χ0) is 14.7. The first-order valence-corrected chi connectivity index (χ1v) is 5.91. The molecule has 0 fully saturated rings. The molecular weight excluding hydrogens is 258 g/mol. The summed E-state index contributed by atoms with van der Waals surface area (Å²) >= 11 is 0. The third-order valence-electron chi connectivity index (χ3n) is 2.88. The average Bonchev–Trinajstić information content (AvgIpc) is 2.41. The van der Waals surface area contributed by atoms with Gasteiger partial charge in [0.1, 0.15) is 0 Å². The number of aryl methyl sites for hydroxylation is 1. The highest BCUT2D eigenvalue weighted by atomic mass is 16.4. The van der Waals surface area contributed by atoms with Gasteiger partial charge in [-0.3, -0.25) is 4.79 Å². The van der Waals surface area contributed by atoms with Gasteiger partial charge in [-0.05, 0) is 30.7 Å². The van der Waals surface area contributed by atoms with Crippen molar-refractivity contribution in [1.29, 1.82) is 0 Å². The summed E-state index contributed by atoms with van der Waals surface area (Å²) in [6.45, 7) is 1.78. The Bertz CT molecular complexity index is 679. The fourth-order valence-corrected chi connectivity index (χ4v) is 1.82. The highest BCUT2D eigenvalue weighted by molar-refractivity contribution is 6.07. The van der Waals surface area contributed by atoms with Crippen molar-refractivity contribution in [3.05, 3.63) is 59.2 Å². The summed E-state index contributed by atoms with van der Waals surface area (Å²) in [4.78, 5) is 22.9. The van der Waals surface area contributed by atoms with Gasteiger partial charge in [-0.1, -0.05) is 30.0 Å². The van der Waals surface area contributed by atoms with Gasteiger partial charge in [0, 0.05) is 11.3 Å². The SMILES string of the molecule is Cc1ccccc1C(=O)Nc1cccc(C(=O)O)c1[O-]. The monoisotopic (exact) mass is 270 g/mol. The minimum Gasteiger partial charge on any atom is -0.870 e. The van der Waals surface area contributed by atoms with Crippen LogP contribution >= 0.6 is 0 Å². The second-order valence-corrected chi connectivity index (χ2v) is 4.26. The quantitative estimate of drug-likeness (QED) is 0.892. The van der Waals surface area contributed by atoms with Crippen molar-refractivity contribution in [2.75, 3.05) is 5.32 Å². The van der Waals surface area contributed by atoms with E-state index in [0.29, 0.717) is 5.56 Å². The van der Waals surface area contributed by atoms with E-state index >= 15 is 0 Å². The first-order valence-electron chi connectivity index (χ1n) is 5.91. The maximum absolute atomic E-state index is 12.1. The second-order valence-electron chi connectivity index (χ2n) is 4.26. The van der Waals surface area contributed by atoms with Gasteiger partial charge in [0.2, 0.25) is 0 Å². The molecule has 0 atom stereocenters. The molecule has 0 heterocycles. The second kappa shape index (κ2) is 5.44. The van der Waals surface area contributed by atoms with Crippen LogP contribution in [0.25, 0.3) is 0 Å². The van der Waals surface area contributed by atoms with Gasteiger partial charge in [0.05, 0.1) is 5.56 Å². The lowest BCUT2D eigenvalue weighted by Gasteiger charge is -2.17. The molecule has 2 aromatic carbocycles. The minimum atomic E-state index is -1.32. The van der Waals surface area contributed by atoms with E-state index in [1.165, 1.54) is 18.2 Å². The van der Waals surface area contributed by atoms with Crippen LogP contribution in [0, 0.1) is 6.92 Å². The van der Waals surface area contributed by atoms with E-state index in [9.17, 15) is 14.7 Å². The van der Waals surface area contributed by atoms with Crippen molar-refractivity contribution in [3.8, 4) is 5.75 Å². The average molecular weight is 270 g/mol. The molecule has 5 heteroatoms.